The molecule has 2 aliphatic rings. The molecular formula is C29H27N3O3. The maximum atomic E-state index is 13.8. The second-order valence-corrected chi connectivity index (χ2v) is 9.44. The van der Waals surface area contributed by atoms with Gasteiger partial charge in [0, 0.05) is 29.6 Å². The van der Waals surface area contributed by atoms with Gasteiger partial charge in [-0.1, -0.05) is 60.2 Å². The Morgan fingerprint density at radius 2 is 1.80 bits per heavy atom. The van der Waals surface area contributed by atoms with Crippen molar-refractivity contribution in [2.75, 3.05) is 13.7 Å². The van der Waals surface area contributed by atoms with Gasteiger partial charge in [0.15, 0.2) is 0 Å². The molecule has 2 atom stereocenters. The van der Waals surface area contributed by atoms with E-state index >= 15 is 0 Å². The minimum atomic E-state index is -0.535. The van der Waals surface area contributed by atoms with Crippen LogP contribution in [0.5, 0.6) is 5.75 Å². The summed E-state index contributed by atoms with van der Waals surface area (Å²) in [5, 5.41) is 1.12. The van der Waals surface area contributed by atoms with E-state index in [1.807, 2.05) is 47.4 Å². The molecule has 6 rings (SSSR count). The molecule has 6 nitrogen and oxygen atoms in total. The van der Waals surface area contributed by atoms with Gasteiger partial charge in [0.2, 0.25) is 11.8 Å². The first-order valence-corrected chi connectivity index (χ1v) is 11.9. The van der Waals surface area contributed by atoms with E-state index in [9.17, 15) is 9.59 Å². The molecule has 1 saturated heterocycles. The van der Waals surface area contributed by atoms with Crippen molar-refractivity contribution < 1.29 is 14.3 Å². The first-order chi connectivity index (χ1) is 17.0. The number of hydrogen-bond donors (Lipinski definition) is 1. The Balaban J connectivity index is 1.42. The highest BCUT2D eigenvalue weighted by atomic mass is 16.5. The lowest BCUT2D eigenvalue weighted by atomic mass is 9.86. The number of aromatic amines is 1. The number of ether oxygens (including phenoxy) is 1. The number of piperazine rings is 1. The predicted octanol–water partition coefficient (Wildman–Crippen LogP) is 4.37. The minimum absolute atomic E-state index is 0.00555. The van der Waals surface area contributed by atoms with Crippen molar-refractivity contribution in [1.82, 2.24) is 14.8 Å². The number of rotatable bonds is 4. The molecule has 0 bridgehead atoms. The van der Waals surface area contributed by atoms with Gasteiger partial charge in [-0.05, 0) is 41.8 Å². The Morgan fingerprint density at radius 1 is 1.00 bits per heavy atom. The third-order valence-electron chi connectivity index (χ3n) is 7.23. The Morgan fingerprint density at radius 3 is 2.57 bits per heavy atom. The molecule has 1 aromatic heterocycles. The Bertz CT molecular complexity index is 1440. The molecule has 0 spiro atoms. The lowest BCUT2D eigenvalue weighted by Gasteiger charge is -2.47. The number of methoxy groups -OCH3 is 1. The van der Waals surface area contributed by atoms with E-state index in [1.54, 1.807) is 12.0 Å². The summed E-state index contributed by atoms with van der Waals surface area (Å²) in [7, 11) is 1.63. The normalized spacial score (nSPS) is 19.6. The third kappa shape index (κ3) is 3.57. The van der Waals surface area contributed by atoms with Crippen molar-refractivity contribution in [1.29, 1.82) is 0 Å². The summed E-state index contributed by atoms with van der Waals surface area (Å²) in [6.45, 7) is 2.52. The van der Waals surface area contributed by atoms with Crippen molar-refractivity contribution in [3.05, 3.63) is 101 Å². The number of para-hydroxylation sites is 1. The van der Waals surface area contributed by atoms with E-state index in [-0.39, 0.29) is 24.4 Å². The van der Waals surface area contributed by atoms with E-state index in [0.717, 1.165) is 44.6 Å². The number of H-pyrrole nitrogens is 1. The summed E-state index contributed by atoms with van der Waals surface area (Å²) in [5.74, 6) is 0.731. The fourth-order valence-corrected chi connectivity index (χ4v) is 5.60. The number of aryl methyl sites for hydroxylation is 1. The van der Waals surface area contributed by atoms with Crippen LogP contribution in [-0.4, -0.2) is 46.3 Å². The van der Waals surface area contributed by atoms with E-state index in [2.05, 4.69) is 42.2 Å². The molecule has 176 valence electrons. The van der Waals surface area contributed by atoms with Crippen LogP contribution >= 0.6 is 0 Å². The second-order valence-electron chi connectivity index (χ2n) is 9.44. The minimum Gasteiger partial charge on any atom is -0.497 e. The van der Waals surface area contributed by atoms with Gasteiger partial charge >= 0.3 is 0 Å². The summed E-state index contributed by atoms with van der Waals surface area (Å²) >= 11 is 0. The molecule has 35 heavy (non-hydrogen) atoms. The fraction of sp³-hybridized carbons (Fsp3) is 0.241. The lowest BCUT2D eigenvalue weighted by Crippen LogP contribution is -2.62. The largest absolute Gasteiger partial charge is 0.497 e. The topological polar surface area (TPSA) is 65.6 Å². The fourth-order valence-electron chi connectivity index (χ4n) is 5.60. The zero-order valence-electron chi connectivity index (χ0n) is 19.8. The number of carbonyl (C=O) groups excluding carboxylic acids is 2. The summed E-state index contributed by atoms with van der Waals surface area (Å²) in [4.78, 5) is 34.6. The standard InChI is InChI=1S/C29H27N3O3/c1-18-6-5-7-20(14-18)28-27-23(22-8-3-4-9-24(22)30-27)15-25-29(34)31(17-26(33)32(25)28)16-19-10-12-21(35-2)13-11-19/h3-14,25,28,30H,15-17H2,1-2H3/t25-,28-/m0/s1. The van der Waals surface area contributed by atoms with Crippen LogP contribution in [0, 0.1) is 6.92 Å². The molecule has 1 fully saturated rings. The van der Waals surface area contributed by atoms with Crippen molar-refractivity contribution in [2.24, 2.45) is 0 Å². The van der Waals surface area contributed by atoms with Gasteiger partial charge < -0.3 is 19.5 Å². The number of nitrogens with one attached hydrogen (secondary N) is 1. The van der Waals surface area contributed by atoms with Crippen molar-refractivity contribution in [3.63, 3.8) is 0 Å². The molecule has 0 radical (unpaired) electrons. The van der Waals surface area contributed by atoms with Gasteiger partial charge in [-0.3, -0.25) is 9.59 Å². The Kier molecular flexibility index (Phi) is 5.10. The monoisotopic (exact) mass is 465 g/mol. The third-order valence-corrected chi connectivity index (χ3v) is 7.23. The van der Waals surface area contributed by atoms with E-state index in [0.29, 0.717) is 13.0 Å². The van der Waals surface area contributed by atoms with E-state index in [1.165, 1.54) is 0 Å². The van der Waals surface area contributed by atoms with Crippen LogP contribution in [-0.2, 0) is 22.6 Å². The number of fused-ring (bicyclic) bond motifs is 4. The van der Waals surface area contributed by atoms with Crippen LogP contribution in [0.3, 0.4) is 0 Å². The van der Waals surface area contributed by atoms with Crippen molar-refractivity contribution in [2.45, 2.75) is 32.0 Å². The molecule has 3 heterocycles. The average Bonchev–Trinajstić information content (AvgIpc) is 3.24. The highest BCUT2D eigenvalue weighted by Gasteiger charge is 2.48. The molecule has 1 N–H and O–H groups in total. The maximum absolute atomic E-state index is 13.8. The molecule has 2 amide bonds. The Hall–Kier alpha value is -4.06. The summed E-state index contributed by atoms with van der Waals surface area (Å²) < 4.78 is 5.25. The number of nitrogens with zero attached hydrogens (tertiary/aromatic N) is 2. The van der Waals surface area contributed by atoms with Gasteiger partial charge in [-0.25, -0.2) is 0 Å². The first kappa shape index (κ1) is 21.5. The molecular weight excluding hydrogens is 438 g/mol. The lowest BCUT2D eigenvalue weighted by molar-refractivity contribution is -0.159. The first-order valence-electron chi connectivity index (χ1n) is 11.9. The number of carbonyl (C=O) groups is 2. The zero-order valence-corrected chi connectivity index (χ0v) is 19.8. The quantitative estimate of drug-likeness (QED) is 0.487. The van der Waals surface area contributed by atoms with Gasteiger partial charge in [-0.2, -0.15) is 0 Å². The molecule has 2 aliphatic heterocycles. The molecule has 4 aromatic rings. The highest BCUT2D eigenvalue weighted by Crippen LogP contribution is 2.42. The molecule has 6 heteroatoms. The van der Waals surface area contributed by atoms with E-state index < -0.39 is 6.04 Å². The summed E-state index contributed by atoms with van der Waals surface area (Å²) in [5.41, 5.74) is 6.29. The van der Waals surface area contributed by atoms with Crippen molar-refractivity contribution in [3.8, 4) is 5.75 Å². The number of aromatic nitrogens is 1. The van der Waals surface area contributed by atoms with Crippen LogP contribution in [0.1, 0.15) is 34.0 Å². The SMILES string of the molecule is COc1ccc(CN2CC(=O)N3[C@@H](c4cccc(C)c4)c4[nH]c5ccccc5c4C[C@H]3C2=O)cc1. The van der Waals surface area contributed by atoms with Crippen LogP contribution < -0.4 is 4.74 Å². The molecule has 0 unspecified atom stereocenters. The summed E-state index contributed by atoms with van der Waals surface area (Å²) in [6, 6.07) is 23.2. The van der Waals surface area contributed by atoms with Gasteiger partial charge in [-0.15, -0.1) is 0 Å². The van der Waals surface area contributed by atoms with E-state index in [4.69, 9.17) is 4.74 Å². The van der Waals surface area contributed by atoms with Crippen molar-refractivity contribution >= 4 is 22.7 Å². The van der Waals surface area contributed by atoms with Crippen LogP contribution in [0.4, 0.5) is 0 Å². The van der Waals surface area contributed by atoms with Crippen LogP contribution in [0.25, 0.3) is 10.9 Å². The van der Waals surface area contributed by atoms with Gasteiger partial charge in [0.1, 0.15) is 18.3 Å². The highest BCUT2D eigenvalue weighted by molar-refractivity contribution is 5.97. The van der Waals surface area contributed by atoms with Gasteiger partial charge in [0.25, 0.3) is 0 Å². The zero-order chi connectivity index (χ0) is 24.1. The molecule has 0 saturated carbocycles. The second kappa shape index (κ2) is 8.31. The Labute approximate surface area is 204 Å². The maximum Gasteiger partial charge on any atom is 0.246 e. The number of amides is 2. The van der Waals surface area contributed by atoms with Gasteiger partial charge in [0.05, 0.1) is 13.2 Å². The van der Waals surface area contributed by atoms with Crippen LogP contribution in [0.2, 0.25) is 0 Å². The predicted molar refractivity (Wildman–Crippen MR) is 134 cm³/mol. The number of hydrogen-bond acceptors (Lipinski definition) is 3. The molecule has 3 aromatic carbocycles. The average molecular weight is 466 g/mol. The van der Waals surface area contributed by atoms with Crippen LogP contribution in [0.15, 0.2) is 72.8 Å². The number of benzene rings is 3. The smallest absolute Gasteiger partial charge is 0.246 e. The molecule has 0 aliphatic carbocycles. The summed E-state index contributed by atoms with van der Waals surface area (Å²) in [6.07, 6.45) is 0.505.